The molecular weight excluding hydrogens is 176 g/mol. The number of rotatable bonds is 5. The fraction of sp³-hybridized carbons (Fsp3) is 0.600. The zero-order valence-corrected chi connectivity index (χ0v) is 8.77. The van der Waals surface area contributed by atoms with Gasteiger partial charge in [0.25, 0.3) is 0 Å². The number of nitrogens with zero attached hydrogens (tertiary/aromatic N) is 2. The van der Waals surface area contributed by atoms with Crippen LogP contribution in [0.3, 0.4) is 0 Å². The van der Waals surface area contributed by atoms with Crippen LogP contribution in [0.5, 0.6) is 0 Å². The van der Waals surface area contributed by atoms with Gasteiger partial charge in [-0.3, -0.25) is 0 Å². The highest BCUT2D eigenvalue weighted by molar-refractivity contribution is 5.04. The van der Waals surface area contributed by atoms with Crippen molar-refractivity contribution >= 4 is 0 Å². The Hall–Kier alpha value is -1.00. The maximum absolute atomic E-state index is 5.65. The van der Waals surface area contributed by atoms with Crippen molar-refractivity contribution in [2.75, 3.05) is 6.54 Å². The largest absolute Gasteiger partial charge is 0.329 e. The first-order chi connectivity index (χ1) is 6.74. The third kappa shape index (κ3) is 3.40. The Morgan fingerprint density at radius 1 is 1.43 bits per heavy atom. The van der Waals surface area contributed by atoms with Crippen LogP contribution >= 0.6 is 0 Å². The van der Waals surface area contributed by atoms with Crippen molar-refractivity contribution in [3.05, 3.63) is 24.0 Å². The Bertz CT molecular complexity index is 248. The van der Waals surface area contributed by atoms with Gasteiger partial charge in [0.15, 0.2) is 0 Å². The molecule has 0 saturated carbocycles. The van der Waals surface area contributed by atoms with E-state index in [-0.39, 0.29) is 0 Å². The SMILES string of the molecule is CC(C)C(CN)NCc1ccnnc1. The van der Waals surface area contributed by atoms with E-state index in [0.29, 0.717) is 18.5 Å². The van der Waals surface area contributed by atoms with E-state index in [1.807, 2.05) is 6.07 Å². The lowest BCUT2D eigenvalue weighted by atomic mass is 10.0. The number of aromatic nitrogens is 2. The second-order valence-corrected chi connectivity index (χ2v) is 3.72. The van der Waals surface area contributed by atoms with Gasteiger partial charge in [-0.2, -0.15) is 10.2 Å². The molecule has 0 aromatic carbocycles. The Morgan fingerprint density at radius 3 is 2.71 bits per heavy atom. The van der Waals surface area contributed by atoms with Gasteiger partial charge in [0.2, 0.25) is 0 Å². The summed E-state index contributed by atoms with van der Waals surface area (Å²) in [5.41, 5.74) is 6.79. The van der Waals surface area contributed by atoms with Gasteiger partial charge in [0.05, 0.1) is 6.20 Å². The standard InChI is InChI=1S/C10H18N4/c1-8(2)10(5-11)12-6-9-3-4-13-14-7-9/h3-4,7-8,10,12H,5-6,11H2,1-2H3. The summed E-state index contributed by atoms with van der Waals surface area (Å²) >= 11 is 0. The van der Waals surface area contributed by atoms with Crippen LogP contribution in [0.25, 0.3) is 0 Å². The van der Waals surface area contributed by atoms with E-state index in [2.05, 4.69) is 29.4 Å². The van der Waals surface area contributed by atoms with Gasteiger partial charge in [-0.1, -0.05) is 13.8 Å². The molecule has 14 heavy (non-hydrogen) atoms. The second-order valence-electron chi connectivity index (χ2n) is 3.72. The van der Waals surface area contributed by atoms with Crippen LogP contribution < -0.4 is 11.1 Å². The van der Waals surface area contributed by atoms with Gasteiger partial charge in [0, 0.05) is 25.3 Å². The molecule has 0 aliphatic heterocycles. The summed E-state index contributed by atoms with van der Waals surface area (Å²) in [6.45, 7) is 5.79. The molecule has 0 aliphatic carbocycles. The van der Waals surface area contributed by atoms with E-state index in [4.69, 9.17) is 5.73 Å². The summed E-state index contributed by atoms with van der Waals surface area (Å²) in [6.07, 6.45) is 3.46. The molecule has 1 unspecified atom stereocenters. The molecule has 3 N–H and O–H groups in total. The van der Waals surface area contributed by atoms with Crippen molar-refractivity contribution in [1.29, 1.82) is 0 Å². The summed E-state index contributed by atoms with van der Waals surface area (Å²) in [7, 11) is 0. The van der Waals surface area contributed by atoms with Crippen molar-refractivity contribution in [3.8, 4) is 0 Å². The second kappa shape index (κ2) is 5.67. The van der Waals surface area contributed by atoms with Crippen LogP contribution in [0.1, 0.15) is 19.4 Å². The smallest absolute Gasteiger partial charge is 0.0541 e. The Kier molecular flexibility index (Phi) is 4.49. The van der Waals surface area contributed by atoms with Crippen molar-refractivity contribution in [2.45, 2.75) is 26.4 Å². The van der Waals surface area contributed by atoms with Crippen molar-refractivity contribution in [2.24, 2.45) is 11.7 Å². The average Bonchev–Trinajstić information content (AvgIpc) is 2.20. The minimum absolute atomic E-state index is 0.364. The van der Waals surface area contributed by atoms with Gasteiger partial charge in [0.1, 0.15) is 0 Å². The molecular formula is C10H18N4. The lowest BCUT2D eigenvalue weighted by Crippen LogP contribution is -2.39. The highest BCUT2D eigenvalue weighted by Gasteiger charge is 2.09. The van der Waals surface area contributed by atoms with E-state index < -0.39 is 0 Å². The molecule has 1 aromatic heterocycles. The third-order valence-electron chi connectivity index (χ3n) is 2.27. The fourth-order valence-corrected chi connectivity index (χ4v) is 1.26. The van der Waals surface area contributed by atoms with Crippen molar-refractivity contribution < 1.29 is 0 Å². The van der Waals surface area contributed by atoms with Gasteiger partial charge in [-0.15, -0.1) is 0 Å². The normalized spacial score (nSPS) is 13.1. The zero-order valence-electron chi connectivity index (χ0n) is 8.77. The van der Waals surface area contributed by atoms with E-state index in [0.717, 1.165) is 12.1 Å². The highest BCUT2D eigenvalue weighted by Crippen LogP contribution is 2.01. The molecule has 0 fully saturated rings. The lowest BCUT2D eigenvalue weighted by Gasteiger charge is -2.20. The molecule has 78 valence electrons. The maximum Gasteiger partial charge on any atom is 0.0541 e. The minimum atomic E-state index is 0.364. The predicted molar refractivity (Wildman–Crippen MR) is 56.6 cm³/mol. The highest BCUT2D eigenvalue weighted by atomic mass is 15.1. The molecule has 1 heterocycles. The summed E-state index contributed by atoms with van der Waals surface area (Å²) < 4.78 is 0. The zero-order chi connectivity index (χ0) is 10.4. The van der Waals surface area contributed by atoms with Crippen LogP contribution in [0.15, 0.2) is 18.5 Å². The first-order valence-corrected chi connectivity index (χ1v) is 4.93. The predicted octanol–water partition coefficient (Wildman–Crippen LogP) is 0.549. The Balaban J connectivity index is 2.40. The number of nitrogens with two attached hydrogens (primary N) is 1. The van der Waals surface area contributed by atoms with Gasteiger partial charge in [-0.25, -0.2) is 0 Å². The molecule has 4 nitrogen and oxygen atoms in total. The fourth-order valence-electron chi connectivity index (χ4n) is 1.26. The topological polar surface area (TPSA) is 63.8 Å². The molecule has 0 aliphatic rings. The summed E-state index contributed by atoms with van der Waals surface area (Å²) in [5.74, 6) is 0.551. The van der Waals surface area contributed by atoms with E-state index in [1.54, 1.807) is 12.4 Å². The number of nitrogens with one attached hydrogen (secondary N) is 1. The van der Waals surface area contributed by atoms with E-state index in [1.165, 1.54) is 0 Å². The molecule has 0 radical (unpaired) electrons. The van der Waals surface area contributed by atoms with E-state index in [9.17, 15) is 0 Å². The Labute approximate surface area is 84.9 Å². The molecule has 1 atom stereocenters. The molecule has 1 aromatic rings. The van der Waals surface area contributed by atoms with E-state index >= 15 is 0 Å². The number of hydrogen-bond donors (Lipinski definition) is 2. The van der Waals surface area contributed by atoms with Gasteiger partial charge < -0.3 is 11.1 Å². The summed E-state index contributed by atoms with van der Waals surface area (Å²) in [4.78, 5) is 0. The van der Waals surface area contributed by atoms with Crippen LogP contribution in [0, 0.1) is 5.92 Å². The minimum Gasteiger partial charge on any atom is -0.329 e. The average molecular weight is 194 g/mol. The molecule has 1 rings (SSSR count). The molecule has 0 bridgehead atoms. The van der Waals surface area contributed by atoms with Crippen LogP contribution in [0.4, 0.5) is 0 Å². The first kappa shape index (κ1) is 11.1. The monoisotopic (exact) mass is 194 g/mol. The molecule has 4 heteroatoms. The maximum atomic E-state index is 5.65. The van der Waals surface area contributed by atoms with Gasteiger partial charge in [-0.05, 0) is 17.5 Å². The molecule has 0 amide bonds. The quantitative estimate of drug-likeness (QED) is 0.718. The summed E-state index contributed by atoms with van der Waals surface area (Å²) in [5, 5.41) is 10.9. The van der Waals surface area contributed by atoms with Crippen LogP contribution in [-0.4, -0.2) is 22.8 Å². The van der Waals surface area contributed by atoms with Crippen LogP contribution in [0.2, 0.25) is 0 Å². The number of hydrogen-bond acceptors (Lipinski definition) is 4. The molecule has 0 saturated heterocycles. The Morgan fingerprint density at radius 2 is 2.21 bits per heavy atom. The molecule has 0 spiro atoms. The van der Waals surface area contributed by atoms with Crippen molar-refractivity contribution in [1.82, 2.24) is 15.5 Å². The first-order valence-electron chi connectivity index (χ1n) is 4.93. The summed E-state index contributed by atoms with van der Waals surface area (Å²) in [6, 6.07) is 2.32. The van der Waals surface area contributed by atoms with Crippen LogP contribution in [-0.2, 0) is 6.54 Å². The van der Waals surface area contributed by atoms with Gasteiger partial charge >= 0.3 is 0 Å². The third-order valence-corrected chi connectivity index (χ3v) is 2.27. The lowest BCUT2D eigenvalue weighted by molar-refractivity contribution is 0.404. The van der Waals surface area contributed by atoms with Crippen molar-refractivity contribution in [3.63, 3.8) is 0 Å².